The minimum atomic E-state index is -0.507. The third-order valence-corrected chi connectivity index (χ3v) is 3.35. The Morgan fingerprint density at radius 3 is 2.80 bits per heavy atom. The Morgan fingerprint density at radius 2 is 1.95 bits per heavy atom. The van der Waals surface area contributed by atoms with Crippen LogP contribution in [0.4, 0.5) is 0 Å². The van der Waals surface area contributed by atoms with E-state index in [0.717, 1.165) is 16.7 Å². The number of H-pyrrole nitrogens is 1. The first-order valence-electron chi connectivity index (χ1n) is 5.99. The van der Waals surface area contributed by atoms with Gasteiger partial charge in [-0.1, -0.05) is 6.58 Å². The van der Waals surface area contributed by atoms with Gasteiger partial charge in [0, 0.05) is 17.2 Å². The quantitative estimate of drug-likeness (QED) is 0.656. The minimum Gasteiger partial charge on any atom is -0.508 e. The Labute approximate surface area is 112 Å². The van der Waals surface area contributed by atoms with Crippen LogP contribution in [0, 0.1) is 0 Å². The second kappa shape index (κ2) is 3.54. The van der Waals surface area contributed by atoms with E-state index in [1.54, 1.807) is 30.3 Å². The van der Waals surface area contributed by atoms with Gasteiger partial charge in [-0.25, -0.2) is 4.79 Å². The molecule has 2 N–H and O–H groups in total. The van der Waals surface area contributed by atoms with Crippen molar-refractivity contribution in [3.05, 3.63) is 53.0 Å². The average Bonchev–Trinajstić information content (AvgIpc) is 2.76. The molecule has 0 amide bonds. The Kier molecular flexibility index (Phi) is 1.93. The first kappa shape index (κ1) is 10.9. The largest absolute Gasteiger partial charge is 0.508 e. The molecule has 0 unspecified atom stereocenters. The van der Waals surface area contributed by atoms with Crippen LogP contribution < -0.4 is 10.5 Å². The number of rotatable bonds is 0. The molecule has 5 heteroatoms. The zero-order valence-corrected chi connectivity index (χ0v) is 10.3. The van der Waals surface area contributed by atoms with Crippen LogP contribution in [0.15, 0.2) is 46.1 Å². The summed E-state index contributed by atoms with van der Waals surface area (Å²) in [5.41, 5.74) is 3.42. The van der Waals surface area contributed by atoms with Crippen LogP contribution in [0.5, 0.6) is 11.5 Å². The lowest BCUT2D eigenvalue weighted by Crippen LogP contribution is -2.03. The molecule has 5 nitrogen and oxygen atoms in total. The molecular weight excluding hydrogens is 258 g/mol. The molecule has 1 aromatic heterocycles. The lowest BCUT2D eigenvalue weighted by atomic mass is 9.95. The van der Waals surface area contributed by atoms with E-state index in [9.17, 15) is 9.90 Å². The standard InChI is InChI=1S/C15H9NO4/c1-7-10-4-8(17)2-3-9(10)11-5-14-12(6-13(11)19-7)16-15(18)20-14/h2-6,17H,1H2,(H,16,18). The molecule has 0 saturated carbocycles. The van der Waals surface area contributed by atoms with Crippen LogP contribution in [0.25, 0.3) is 28.0 Å². The lowest BCUT2D eigenvalue weighted by molar-refractivity contribution is 0.472. The van der Waals surface area contributed by atoms with Gasteiger partial charge in [0.25, 0.3) is 0 Å². The first-order valence-corrected chi connectivity index (χ1v) is 5.99. The fourth-order valence-corrected chi connectivity index (χ4v) is 2.46. The zero-order valence-electron chi connectivity index (χ0n) is 10.3. The summed E-state index contributed by atoms with van der Waals surface area (Å²) in [6, 6.07) is 8.42. The molecule has 1 aliphatic rings. The van der Waals surface area contributed by atoms with Gasteiger partial charge in [-0.2, -0.15) is 0 Å². The molecule has 4 rings (SSSR count). The molecule has 0 saturated heterocycles. The van der Waals surface area contributed by atoms with Gasteiger partial charge in [-0.3, -0.25) is 4.98 Å². The number of phenols is 1. The van der Waals surface area contributed by atoms with Gasteiger partial charge in [-0.15, -0.1) is 0 Å². The van der Waals surface area contributed by atoms with E-state index in [0.29, 0.717) is 22.6 Å². The molecular formula is C15H9NO4. The summed E-state index contributed by atoms with van der Waals surface area (Å²) in [6.07, 6.45) is 0. The Morgan fingerprint density at radius 1 is 1.10 bits per heavy atom. The van der Waals surface area contributed by atoms with Crippen LogP contribution in [0.3, 0.4) is 0 Å². The summed E-state index contributed by atoms with van der Waals surface area (Å²) in [5.74, 6) is 0.685. The molecule has 0 spiro atoms. The van der Waals surface area contributed by atoms with Crippen LogP contribution >= 0.6 is 0 Å². The van der Waals surface area contributed by atoms with E-state index in [1.165, 1.54) is 0 Å². The van der Waals surface area contributed by atoms with Gasteiger partial charge < -0.3 is 14.3 Å². The van der Waals surface area contributed by atoms with Crippen molar-refractivity contribution >= 4 is 16.9 Å². The summed E-state index contributed by atoms with van der Waals surface area (Å²) in [4.78, 5) is 13.8. The van der Waals surface area contributed by atoms with Crippen molar-refractivity contribution in [2.24, 2.45) is 0 Å². The lowest BCUT2D eigenvalue weighted by Gasteiger charge is -2.22. The van der Waals surface area contributed by atoms with Crippen LogP contribution in [0.1, 0.15) is 5.56 Å². The topological polar surface area (TPSA) is 75.5 Å². The molecule has 2 heterocycles. The summed E-state index contributed by atoms with van der Waals surface area (Å²) >= 11 is 0. The monoisotopic (exact) mass is 267 g/mol. The summed E-state index contributed by atoms with van der Waals surface area (Å²) in [6.45, 7) is 3.85. The van der Waals surface area contributed by atoms with Gasteiger partial charge in [0.05, 0.1) is 5.52 Å². The molecule has 3 aromatic rings. The van der Waals surface area contributed by atoms with Gasteiger partial charge >= 0.3 is 5.76 Å². The molecule has 20 heavy (non-hydrogen) atoms. The van der Waals surface area contributed by atoms with E-state index < -0.39 is 5.76 Å². The number of aromatic hydroxyl groups is 1. The molecule has 0 fully saturated rings. The highest BCUT2D eigenvalue weighted by atomic mass is 16.5. The number of fused-ring (bicyclic) bond motifs is 4. The highest BCUT2D eigenvalue weighted by Gasteiger charge is 2.22. The fourth-order valence-electron chi connectivity index (χ4n) is 2.46. The molecule has 98 valence electrons. The number of ether oxygens (including phenoxy) is 1. The van der Waals surface area contributed by atoms with Gasteiger partial charge in [0.15, 0.2) is 5.58 Å². The summed E-state index contributed by atoms with van der Waals surface area (Å²) in [7, 11) is 0. The molecule has 0 bridgehead atoms. The molecule has 0 atom stereocenters. The maximum absolute atomic E-state index is 11.2. The number of hydrogen-bond donors (Lipinski definition) is 2. The van der Waals surface area contributed by atoms with Crippen molar-refractivity contribution < 1.29 is 14.3 Å². The first-order chi connectivity index (χ1) is 9.61. The Hall–Kier alpha value is -2.95. The predicted molar refractivity (Wildman–Crippen MR) is 73.6 cm³/mol. The second-order valence-electron chi connectivity index (χ2n) is 4.61. The normalized spacial score (nSPS) is 12.9. The molecule has 0 radical (unpaired) electrons. The number of aromatic nitrogens is 1. The Bertz CT molecular complexity index is 933. The predicted octanol–water partition coefficient (Wildman–Crippen LogP) is 2.86. The van der Waals surface area contributed by atoms with E-state index in [-0.39, 0.29) is 5.75 Å². The maximum Gasteiger partial charge on any atom is 0.417 e. The van der Waals surface area contributed by atoms with Crippen molar-refractivity contribution in [1.82, 2.24) is 4.98 Å². The average molecular weight is 267 g/mol. The number of oxazole rings is 1. The van der Waals surface area contributed by atoms with Crippen LogP contribution in [-0.4, -0.2) is 10.1 Å². The van der Waals surface area contributed by atoms with Gasteiger partial charge in [0.1, 0.15) is 17.3 Å². The van der Waals surface area contributed by atoms with Gasteiger partial charge in [-0.05, 0) is 29.8 Å². The molecule has 0 aliphatic carbocycles. The van der Waals surface area contributed by atoms with E-state index >= 15 is 0 Å². The van der Waals surface area contributed by atoms with Crippen molar-refractivity contribution in [1.29, 1.82) is 0 Å². The van der Waals surface area contributed by atoms with Crippen molar-refractivity contribution in [2.45, 2.75) is 0 Å². The number of hydrogen-bond acceptors (Lipinski definition) is 4. The Balaban J connectivity index is 2.08. The van der Waals surface area contributed by atoms with E-state index in [2.05, 4.69) is 11.6 Å². The molecule has 2 aromatic carbocycles. The summed E-state index contributed by atoms with van der Waals surface area (Å²) in [5, 5.41) is 9.57. The van der Waals surface area contributed by atoms with Crippen LogP contribution in [0.2, 0.25) is 0 Å². The smallest absolute Gasteiger partial charge is 0.417 e. The van der Waals surface area contributed by atoms with Gasteiger partial charge in [0.2, 0.25) is 0 Å². The minimum absolute atomic E-state index is 0.145. The molecule has 1 aliphatic heterocycles. The number of nitrogens with one attached hydrogen (secondary N) is 1. The maximum atomic E-state index is 11.2. The zero-order chi connectivity index (χ0) is 13.9. The van der Waals surface area contributed by atoms with E-state index in [4.69, 9.17) is 9.15 Å². The fraction of sp³-hybridized carbons (Fsp3) is 0. The van der Waals surface area contributed by atoms with Crippen molar-refractivity contribution in [3.8, 4) is 22.6 Å². The number of benzene rings is 2. The third kappa shape index (κ3) is 1.40. The van der Waals surface area contributed by atoms with E-state index in [1.807, 2.05) is 0 Å². The highest BCUT2D eigenvalue weighted by molar-refractivity contribution is 5.92. The SMILES string of the molecule is C=C1Oc2cc3[nH]c(=O)oc3cc2-c2ccc(O)cc21. The second-order valence-corrected chi connectivity index (χ2v) is 4.61. The number of phenolic OH excluding ortho intramolecular Hbond substituents is 1. The van der Waals surface area contributed by atoms with Crippen molar-refractivity contribution in [2.75, 3.05) is 0 Å². The summed E-state index contributed by atoms with van der Waals surface area (Å²) < 4.78 is 10.7. The van der Waals surface area contributed by atoms with Crippen molar-refractivity contribution in [3.63, 3.8) is 0 Å². The highest BCUT2D eigenvalue weighted by Crippen LogP contribution is 2.43. The number of aromatic amines is 1. The van der Waals surface area contributed by atoms with Crippen LogP contribution in [-0.2, 0) is 0 Å². The third-order valence-electron chi connectivity index (χ3n) is 3.35.